The lowest BCUT2D eigenvalue weighted by Gasteiger charge is -2.36. The Morgan fingerprint density at radius 3 is 2.54 bits per heavy atom. The Kier molecular flexibility index (Phi) is 2.89. The molecule has 0 radical (unpaired) electrons. The quantitative estimate of drug-likeness (QED) is 0.341. The number of aliphatic hydroxyl groups excluding tert-OH is 4. The van der Waals surface area contributed by atoms with Crippen molar-refractivity contribution >= 4 is 0 Å². The lowest BCUT2D eigenvalue weighted by atomic mass is 9.95. The SMILES string of the molecule is OCC1O[C@H](O)C(O)=CC1(O)CO. The van der Waals surface area contributed by atoms with E-state index in [-0.39, 0.29) is 0 Å². The third-order valence-electron chi connectivity index (χ3n) is 1.92. The maximum absolute atomic E-state index is 9.55. The zero-order chi connectivity index (χ0) is 10.1. The van der Waals surface area contributed by atoms with Crippen LogP contribution in [0.25, 0.3) is 0 Å². The molecule has 76 valence electrons. The predicted molar refractivity (Wildman–Crippen MR) is 40.7 cm³/mol. The second kappa shape index (κ2) is 3.60. The smallest absolute Gasteiger partial charge is 0.214 e. The molecule has 13 heavy (non-hydrogen) atoms. The first kappa shape index (κ1) is 10.4. The van der Waals surface area contributed by atoms with E-state index in [9.17, 15) is 5.11 Å². The van der Waals surface area contributed by atoms with Gasteiger partial charge in [0.25, 0.3) is 0 Å². The number of hydrogen-bond acceptors (Lipinski definition) is 6. The molecule has 0 aromatic rings. The van der Waals surface area contributed by atoms with E-state index in [1.54, 1.807) is 0 Å². The highest BCUT2D eigenvalue weighted by molar-refractivity contribution is 5.14. The van der Waals surface area contributed by atoms with Crippen molar-refractivity contribution < 1.29 is 30.3 Å². The first-order valence-electron chi connectivity index (χ1n) is 3.73. The summed E-state index contributed by atoms with van der Waals surface area (Å²) >= 11 is 0. The van der Waals surface area contributed by atoms with Crippen molar-refractivity contribution in [3.05, 3.63) is 11.8 Å². The zero-order valence-electron chi connectivity index (χ0n) is 6.79. The molecule has 5 N–H and O–H groups in total. The van der Waals surface area contributed by atoms with Crippen LogP contribution in [0.2, 0.25) is 0 Å². The lowest BCUT2D eigenvalue weighted by molar-refractivity contribution is -0.212. The van der Waals surface area contributed by atoms with Gasteiger partial charge in [0.2, 0.25) is 6.29 Å². The molecule has 0 aliphatic carbocycles. The highest BCUT2D eigenvalue weighted by atomic mass is 16.6. The third kappa shape index (κ3) is 1.82. The summed E-state index contributed by atoms with van der Waals surface area (Å²) in [4.78, 5) is 0. The molecule has 0 aromatic heterocycles. The van der Waals surface area contributed by atoms with Gasteiger partial charge in [-0.2, -0.15) is 0 Å². The summed E-state index contributed by atoms with van der Waals surface area (Å²) in [5.74, 6) is -0.582. The molecule has 6 nitrogen and oxygen atoms in total. The van der Waals surface area contributed by atoms with Crippen LogP contribution in [-0.2, 0) is 4.74 Å². The van der Waals surface area contributed by atoms with Crippen molar-refractivity contribution in [2.75, 3.05) is 13.2 Å². The van der Waals surface area contributed by atoms with Gasteiger partial charge in [-0.05, 0) is 6.08 Å². The summed E-state index contributed by atoms with van der Waals surface area (Å²) in [6.45, 7) is -1.28. The molecule has 0 bridgehead atoms. The Hall–Kier alpha value is -0.660. The van der Waals surface area contributed by atoms with Gasteiger partial charge in [-0.1, -0.05) is 0 Å². The van der Waals surface area contributed by atoms with Crippen molar-refractivity contribution in [2.45, 2.75) is 18.0 Å². The molecular weight excluding hydrogens is 180 g/mol. The second-order valence-electron chi connectivity index (χ2n) is 2.88. The molecule has 1 rings (SSSR count). The molecule has 0 amide bonds. The van der Waals surface area contributed by atoms with E-state index < -0.39 is 37.0 Å². The summed E-state index contributed by atoms with van der Waals surface area (Å²) in [7, 11) is 0. The summed E-state index contributed by atoms with van der Waals surface area (Å²) < 4.78 is 4.63. The van der Waals surface area contributed by atoms with Gasteiger partial charge in [-0.3, -0.25) is 0 Å². The van der Waals surface area contributed by atoms with Crippen LogP contribution in [0.1, 0.15) is 0 Å². The van der Waals surface area contributed by atoms with Crippen LogP contribution in [0.3, 0.4) is 0 Å². The Morgan fingerprint density at radius 1 is 1.46 bits per heavy atom. The van der Waals surface area contributed by atoms with Crippen molar-refractivity contribution in [1.29, 1.82) is 0 Å². The van der Waals surface area contributed by atoms with E-state index in [2.05, 4.69) is 4.74 Å². The third-order valence-corrected chi connectivity index (χ3v) is 1.92. The van der Waals surface area contributed by atoms with Crippen LogP contribution in [0.4, 0.5) is 0 Å². The Balaban J connectivity index is 2.91. The maximum atomic E-state index is 9.55. The van der Waals surface area contributed by atoms with Gasteiger partial charge in [-0.15, -0.1) is 0 Å². The molecule has 1 aliphatic heterocycles. The van der Waals surface area contributed by atoms with E-state index >= 15 is 0 Å². The van der Waals surface area contributed by atoms with E-state index in [0.717, 1.165) is 6.08 Å². The van der Waals surface area contributed by atoms with Gasteiger partial charge in [0.15, 0.2) is 0 Å². The number of aliphatic hydroxyl groups is 5. The number of hydrogen-bond donors (Lipinski definition) is 5. The van der Waals surface area contributed by atoms with Crippen LogP contribution >= 0.6 is 0 Å². The molecule has 3 atom stereocenters. The number of ether oxygens (including phenoxy) is 1. The number of rotatable bonds is 2. The van der Waals surface area contributed by atoms with Gasteiger partial charge < -0.3 is 30.3 Å². The fourth-order valence-corrected chi connectivity index (χ4v) is 1.11. The molecule has 0 fully saturated rings. The summed E-state index contributed by atoms with van der Waals surface area (Å²) in [6, 6.07) is 0. The molecule has 0 saturated heterocycles. The summed E-state index contributed by atoms with van der Waals surface area (Å²) in [5.41, 5.74) is -1.85. The highest BCUT2D eigenvalue weighted by Crippen LogP contribution is 2.24. The molecule has 2 unspecified atom stereocenters. The van der Waals surface area contributed by atoms with Gasteiger partial charge in [-0.25, -0.2) is 0 Å². The Morgan fingerprint density at radius 2 is 2.08 bits per heavy atom. The van der Waals surface area contributed by atoms with Crippen LogP contribution in [0.15, 0.2) is 11.8 Å². The average molecular weight is 192 g/mol. The second-order valence-corrected chi connectivity index (χ2v) is 2.88. The molecule has 1 heterocycles. The minimum atomic E-state index is -1.85. The predicted octanol–water partition coefficient (Wildman–Crippen LogP) is -2.14. The topological polar surface area (TPSA) is 110 Å². The Labute approximate surface area is 74.3 Å². The molecule has 6 heteroatoms. The van der Waals surface area contributed by atoms with E-state index in [1.807, 2.05) is 0 Å². The van der Waals surface area contributed by atoms with Gasteiger partial charge in [0.05, 0.1) is 13.2 Å². The fourth-order valence-electron chi connectivity index (χ4n) is 1.11. The maximum Gasteiger partial charge on any atom is 0.214 e. The molecule has 0 aromatic carbocycles. The molecule has 0 spiro atoms. The minimum absolute atomic E-state index is 0.572. The van der Waals surface area contributed by atoms with Gasteiger partial charge in [0, 0.05) is 0 Å². The molecular formula is C7H12O6. The average Bonchev–Trinajstić information content (AvgIpc) is 2.11. The van der Waals surface area contributed by atoms with Crippen LogP contribution in [0, 0.1) is 0 Å². The zero-order valence-corrected chi connectivity index (χ0v) is 6.79. The summed E-state index contributed by atoms with van der Waals surface area (Å²) in [5, 5.41) is 45.0. The van der Waals surface area contributed by atoms with Crippen LogP contribution in [0.5, 0.6) is 0 Å². The first-order chi connectivity index (χ1) is 6.03. The normalized spacial score (nSPS) is 40.2. The lowest BCUT2D eigenvalue weighted by Crippen LogP contribution is -2.52. The van der Waals surface area contributed by atoms with Crippen molar-refractivity contribution in [3.8, 4) is 0 Å². The van der Waals surface area contributed by atoms with Gasteiger partial charge >= 0.3 is 0 Å². The van der Waals surface area contributed by atoms with Crippen LogP contribution in [-0.4, -0.2) is 56.7 Å². The van der Waals surface area contributed by atoms with E-state index in [0.29, 0.717) is 0 Å². The molecule has 0 saturated carbocycles. The standard InChI is InChI=1S/C7H12O6/c8-2-5-7(12,3-9)1-4(10)6(11)13-5/h1,5-6,8-12H,2-3H2/t5?,6-,7?/m0/s1. The highest BCUT2D eigenvalue weighted by Gasteiger charge is 2.41. The first-order valence-corrected chi connectivity index (χ1v) is 3.73. The fraction of sp³-hybridized carbons (Fsp3) is 0.714. The summed E-state index contributed by atoms with van der Waals surface area (Å²) in [6.07, 6.45) is -1.85. The van der Waals surface area contributed by atoms with E-state index in [1.165, 1.54) is 0 Å². The van der Waals surface area contributed by atoms with Crippen LogP contribution < -0.4 is 0 Å². The monoisotopic (exact) mass is 192 g/mol. The van der Waals surface area contributed by atoms with E-state index in [4.69, 9.17) is 20.4 Å². The van der Waals surface area contributed by atoms with Crippen molar-refractivity contribution in [2.24, 2.45) is 0 Å². The minimum Gasteiger partial charge on any atom is -0.507 e. The van der Waals surface area contributed by atoms with Crippen molar-refractivity contribution in [1.82, 2.24) is 0 Å². The Bertz CT molecular complexity index is 215. The van der Waals surface area contributed by atoms with Crippen molar-refractivity contribution in [3.63, 3.8) is 0 Å². The largest absolute Gasteiger partial charge is 0.507 e. The van der Waals surface area contributed by atoms with Gasteiger partial charge in [0.1, 0.15) is 17.5 Å². The molecule has 1 aliphatic rings.